The van der Waals surface area contributed by atoms with Gasteiger partial charge in [-0.1, -0.05) is 152 Å². The molecule has 0 saturated carbocycles. The molecule has 2 aromatic heterocycles. The molecule has 2 unspecified atom stereocenters. The topological polar surface area (TPSA) is 37.5 Å². The third-order valence-electron chi connectivity index (χ3n) is 11.8. The lowest BCUT2D eigenvalue weighted by atomic mass is 9.87. The lowest BCUT2D eigenvalue weighted by molar-refractivity contribution is 0.661. The van der Waals surface area contributed by atoms with Crippen LogP contribution < -0.4 is 5.32 Å². The largest absolute Gasteiger partial charge is 0.456 e. The summed E-state index contributed by atoms with van der Waals surface area (Å²) in [5, 5.41) is 8.64. The van der Waals surface area contributed by atoms with E-state index in [0.717, 1.165) is 61.3 Å². The standard InChI is InChI=1S/C53H34N2OS/c1-4-15-32(16-5-1)35-27-44(46-31-45(33-17-6-2-7-18-33)54-53(55-46)34-19-8-3-9-20-34)51-40-25-14-24-39(52(40)56-47(51)28-35)50-38-23-11-10-21-36(38)41-30-49-42(29-43(41)50)37-22-12-13-26-48(37)57-49/h1-31,45,50H,(H,54,55). The number of benzene rings is 8. The molecule has 10 aromatic rings. The summed E-state index contributed by atoms with van der Waals surface area (Å²) in [6, 6.07) is 65.3. The quantitative estimate of drug-likeness (QED) is 0.190. The van der Waals surface area contributed by atoms with Gasteiger partial charge in [0.1, 0.15) is 17.0 Å². The Hall–Kier alpha value is -7.01. The van der Waals surface area contributed by atoms with Crippen LogP contribution in [0.5, 0.6) is 0 Å². The molecule has 0 spiro atoms. The van der Waals surface area contributed by atoms with Gasteiger partial charge in [0.2, 0.25) is 0 Å². The van der Waals surface area contributed by atoms with E-state index in [1.807, 2.05) is 17.4 Å². The van der Waals surface area contributed by atoms with Gasteiger partial charge in [0.25, 0.3) is 0 Å². The third-order valence-corrected chi connectivity index (χ3v) is 12.9. The van der Waals surface area contributed by atoms with Gasteiger partial charge in [0.05, 0.1) is 6.04 Å². The molecule has 1 aliphatic heterocycles. The highest BCUT2D eigenvalue weighted by atomic mass is 32.1. The highest BCUT2D eigenvalue weighted by molar-refractivity contribution is 7.25. The zero-order valence-electron chi connectivity index (χ0n) is 30.8. The first-order valence-corrected chi connectivity index (χ1v) is 20.3. The molecule has 1 aliphatic carbocycles. The van der Waals surface area contributed by atoms with Crippen molar-refractivity contribution >= 4 is 65.0 Å². The Morgan fingerprint density at radius 2 is 1.19 bits per heavy atom. The van der Waals surface area contributed by atoms with Gasteiger partial charge in [0.15, 0.2) is 0 Å². The fourth-order valence-corrected chi connectivity index (χ4v) is 10.3. The summed E-state index contributed by atoms with van der Waals surface area (Å²) in [5.74, 6) is 0.868. The fraction of sp³-hybridized carbons (Fsp3) is 0.0377. The van der Waals surface area contributed by atoms with Crippen molar-refractivity contribution in [1.82, 2.24) is 5.32 Å². The van der Waals surface area contributed by atoms with Crippen LogP contribution in [-0.2, 0) is 0 Å². The summed E-state index contributed by atoms with van der Waals surface area (Å²) in [6.45, 7) is 0. The molecule has 3 nitrogen and oxygen atoms in total. The molecule has 0 saturated heterocycles. The zero-order chi connectivity index (χ0) is 37.5. The summed E-state index contributed by atoms with van der Waals surface area (Å²) >= 11 is 1.88. The maximum Gasteiger partial charge on any atom is 0.139 e. The maximum absolute atomic E-state index is 7.20. The molecule has 12 rings (SSSR count). The molecule has 0 radical (unpaired) electrons. The van der Waals surface area contributed by atoms with E-state index in [0.29, 0.717) is 0 Å². The van der Waals surface area contributed by atoms with Gasteiger partial charge in [-0.2, -0.15) is 0 Å². The van der Waals surface area contributed by atoms with E-state index in [1.165, 1.54) is 48.0 Å². The number of nitrogens with one attached hydrogen (secondary N) is 1. The normalized spacial score (nSPS) is 16.1. The molecule has 0 bridgehead atoms. The predicted molar refractivity (Wildman–Crippen MR) is 238 cm³/mol. The van der Waals surface area contributed by atoms with E-state index in [-0.39, 0.29) is 12.0 Å². The first kappa shape index (κ1) is 32.3. The van der Waals surface area contributed by atoms with Gasteiger partial charge in [0, 0.05) is 59.3 Å². The van der Waals surface area contributed by atoms with Gasteiger partial charge < -0.3 is 9.73 Å². The summed E-state index contributed by atoms with van der Waals surface area (Å²) in [4.78, 5) is 5.26. The Balaban J connectivity index is 1.10. The van der Waals surface area contributed by atoms with E-state index in [1.54, 1.807) is 0 Å². The predicted octanol–water partition coefficient (Wildman–Crippen LogP) is 13.9. The summed E-state index contributed by atoms with van der Waals surface area (Å²) in [7, 11) is 0. The van der Waals surface area contributed by atoms with E-state index in [9.17, 15) is 0 Å². The van der Waals surface area contributed by atoms with Gasteiger partial charge in [-0.15, -0.1) is 11.3 Å². The van der Waals surface area contributed by atoms with Crippen molar-refractivity contribution in [2.24, 2.45) is 4.99 Å². The molecular weight excluding hydrogens is 713 g/mol. The van der Waals surface area contributed by atoms with Crippen LogP contribution in [0, 0.1) is 0 Å². The maximum atomic E-state index is 7.20. The smallest absolute Gasteiger partial charge is 0.139 e. The molecule has 0 fully saturated rings. The third kappa shape index (κ3) is 5.15. The molecule has 2 aliphatic rings. The van der Waals surface area contributed by atoms with E-state index < -0.39 is 0 Å². The van der Waals surface area contributed by atoms with E-state index in [2.05, 4.69) is 187 Å². The molecular formula is C53H34N2OS. The van der Waals surface area contributed by atoms with Crippen LogP contribution in [0.1, 0.15) is 45.3 Å². The lowest BCUT2D eigenvalue weighted by Gasteiger charge is -2.24. The number of rotatable bonds is 5. The minimum atomic E-state index is -0.168. The summed E-state index contributed by atoms with van der Waals surface area (Å²) < 4.78 is 9.85. The van der Waals surface area contributed by atoms with Crippen LogP contribution in [0.25, 0.3) is 70.1 Å². The van der Waals surface area contributed by atoms with Gasteiger partial charge >= 0.3 is 0 Å². The van der Waals surface area contributed by atoms with Crippen molar-refractivity contribution in [3.05, 3.63) is 221 Å². The Bertz CT molecular complexity index is 3270. The van der Waals surface area contributed by atoms with Crippen LogP contribution in [0.2, 0.25) is 0 Å². The average Bonchev–Trinajstić information content (AvgIpc) is 3.95. The van der Waals surface area contributed by atoms with E-state index in [4.69, 9.17) is 9.41 Å². The molecule has 2 atom stereocenters. The van der Waals surface area contributed by atoms with Crippen LogP contribution in [-0.4, -0.2) is 5.84 Å². The minimum Gasteiger partial charge on any atom is -0.456 e. The molecule has 4 heteroatoms. The molecule has 268 valence electrons. The monoisotopic (exact) mass is 746 g/mol. The Kier molecular flexibility index (Phi) is 7.23. The van der Waals surface area contributed by atoms with Crippen LogP contribution in [0.15, 0.2) is 197 Å². The number of aliphatic imine (C=N–C) groups is 1. The second kappa shape index (κ2) is 12.8. The van der Waals surface area contributed by atoms with Crippen molar-refractivity contribution in [3.63, 3.8) is 0 Å². The molecule has 57 heavy (non-hydrogen) atoms. The van der Waals surface area contributed by atoms with Gasteiger partial charge in [-0.05, 0) is 75.4 Å². The molecule has 8 aromatic carbocycles. The van der Waals surface area contributed by atoms with Crippen molar-refractivity contribution in [3.8, 4) is 22.3 Å². The Labute approximate surface area is 333 Å². The van der Waals surface area contributed by atoms with Crippen molar-refractivity contribution in [2.75, 3.05) is 0 Å². The summed E-state index contributed by atoms with van der Waals surface area (Å²) in [5.41, 5.74) is 14.8. The summed E-state index contributed by atoms with van der Waals surface area (Å²) in [6.07, 6.45) is 2.27. The van der Waals surface area contributed by atoms with Crippen molar-refractivity contribution < 1.29 is 4.42 Å². The minimum absolute atomic E-state index is 0.0202. The van der Waals surface area contributed by atoms with Crippen LogP contribution in [0.4, 0.5) is 0 Å². The second-order valence-electron chi connectivity index (χ2n) is 15.0. The highest BCUT2D eigenvalue weighted by Gasteiger charge is 2.33. The first-order chi connectivity index (χ1) is 28.2. The number of nitrogens with zero attached hydrogens (tertiary/aromatic N) is 1. The number of hydrogen-bond donors (Lipinski definition) is 1. The zero-order valence-corrected chi connectivity index (χ0v) is 31.6. The number of amidine groups is 1. The fourth-order valence-electron chi connectivity index (χ4n) is 9.20. The number of thiophene rings is 1. The molecule has 1 N–H and O–H groups in total. The van der Waals surface area contributed by atoms with Gasteiger partial charge in [-0.3, -0.25) is 4.99 Å². The molecule has 3 heterocycles. The van der Waals surface area contributed by atoms with Crippen molar-refractivity contribution in [1.29, 1.82) is 0 Å². The number of fused-ring (bicyclic) bond motifs is 9. The Morgan fingerprint density at radius 1 is 0.491 bits per heavy atom. The second-order valence-corrected chi connectivity index (χ2v) is 16.1. The Morgan fingerprint density at radius 3 is 2.04 bits per heavy atom. The number of para-hydroxylation sites is 1. The number of furan rings is 1. The van der Waals surface area contributed by atoms with Crippen LogP contribution in [0.3, 0.4) is 0 Å². The van der Waals surface area contributed by atoms with E-state index >= 15 is 0 Å². The lowest BCUT2D eigenvalue weighted by Crippen LogP contribution is -2.27. The van der Waals surface area contributed by atoms with Crippen molar-refractivity contribution in [2.45, 2.75) is 12.0 Å². The first-order valence-electron chi connectivity index (χ1n) is 19.5. The molecule has 0 amide bonds. The van der Waals surface area contributed by atoms with Crippen LogP contribution >= 0.6 is 11.3 Å². The highest BCUT2D eigenvalue weighted by Crippen LogP contribution is 2.53. The number of hydrogen-bond acceptors (Lipinski definition) is 4. The van der Waals surface area contributed by atoms with Gasteiger partial charge in [-0.25, -0.2) is 0 Å². The SMILES string of the molecule is C1=C(c2cc(-c3ccccc3)cc3oc4c(C5c6ccccc6-c6cc7sc8ccccc8c7cc65)cccc4c23)NC(c2ccccc2)=NC1c1ccccc1. The average molecular weight is 747 g/mol.